The molecule has 15 heavy (non-hydrogen) atoms. The van der Waals surface area contributed by atoms with Crippen molar-refractivity contribution >= 4 is 16.5 Å². The van der Waals surface area contributed by atoms with Gasteiger partial charge in [-0.05, 0) is 18.9 Å². The van der Waals surface area contributed by atoms with E-state index in [2.05, 4.69) is 4.98 Å². The molecule has 0 amide bonds. The van der Waals surface area contributed by atoms with Crippen LogP contribution in [0.4, 0.5) is 5.69 Å². The van der Waals surface area contributed by atoms with Crippen LogP contribution in [0.2, 0.25) is 0 Å². The van der Waals surface area contributed by atoms with Gasteiger partial charge in [0.15, 0.2) is 0 Å². The van der Waals surface area contributed by atoms with Crippen LogP contribution < -0.4 is 5.73 Å². The molecule has 3 nitrogen and oxygen atoms in total. The van der Waals surface area contributed by atoms with Gasteiger partial charge in [0.05, 0.1) is 27.6 Å². The lowest BCUT2D eigenvalue weighted by Gasteiger charge is -2.21. The summed E-state index contributed by atoms with van der Waals surface area (Å²) in [5, 5.41) is 0.295. The predicted octanol–water partition coefficient (Wildman–Crippen LogP) is 2.10. The fraction of sp³-hybridized carbons (Fsp3) is 0.545. The molecule has 0 saturated heterocycles. The summed E-state index contributed by atoms with van der Waals surface area (Å²) in [7, 11) is -0.946. The molecule has 1 aromatic heterocycles. The van der Waals surface area contributed by atoms with E-state index < -0.39 is 10.8 Å². The van der Waals surface area contributed by atoms with Crippen molar-refractivity contribution < 1.29 is 4.21 Å². The SMILES string of the molecule is Nc1cnccc1S(=O)C1CCCCC1. The number of nitrogens with two attached hydrogens (primary N) is 1. The highest BCUT2D eigenvalue weighted by atomic mass is 32.2. The van der Waals surface area contributed by atoms with Gasteiger partial charge in [0.25, 0.3) is 0 Å². The molecule has 1 atom stereocenters. The Morgan fingerprint density at radius 1 is 1.33 bits per heavy atom. The lowest BCUT2D eigenvalue weighted by atomic mass is 10.0. The Morgan fingerprint density at radius 2 is 2.07 bits per heavy atom. The highest BCUT2D eigenvalue weighted by molar-refractivity contribution is 7.85. The summed E-state index contributed by atoms with van der Waals surface area (Å²) in [5.41, 5.74) is 6.33. The Hall–Kier alpha value is -0.900. The lowest BCUT2D eigenvalue weighted by Crippen LogP contribution is -2.19. The summed E-state index contributed by atoms with van der Waals surface area (Å²) in [6.07, 6.45) is 9.04. The second kappa shape index (κ2) is 4.75. The normalized spacial score (nSPS) is 20.0. The highest BCUT2D eigenvalue weighted by Gasteiger charge is 2.22. The molecule has 2 N–H and O–H groups in total. The highest BCUT2D eigenvalue weighted by Crippen LogP contribution is 2.27. The summed E-state index contributed by atoms with van der Waals surface area (Å²) in [5.74, 6) is 0. The minimum Gasteiger partial charge on any atom is -0.396 e. The predicted molar refractivity (Wildman–Crippen MR) is 61.9 cm³/mol. The summed E-state index contributed by atoms with van der Waals surface area (Å²) >= 11 is 0. The van der Waals surface area contributed by atoms with Gasteiger partial charge in [0.2, 0.25) is 0 Å². The van der Waals surface area contributed by atoms with Gasteiger partial charge >= 0.3 is 0 Å². The van der Waals surface area contributed by atoms with Crippen molar-refractivity contribution in [3.8, 4) is 0 Å². The average Bonchev–Trinajstić information content (AvgIpc) is 2.30. The van der Waals surface area contributed by atoms with E-state index >= 15 is 0 Å². The number of anilines is 1. The van der Waals surface area contributed by atoms with Crippen molar-refractivity contribution in [1.82, 2.24) is 4.98 Å². The van der Waals surface area contributed by atoms with Crippen molar-refractivity contribution in [3.05, 3.63) is 18.5 Å². The maximum atomic E-state index is 12.2. The zero-order valence-electron chi connectivity index (χ0n) is 8.69. The average molecular weight is 224 g/mol. The number of rotatable bonds is 2. The smallest absolute Gasteiger partial charge is 0.0664 e. The summed E-state index contributed by atoms with van der Waals surface area (Å²) in [6.45, 7) is 0. The van der Waals surface area contributed by atoms with Crippen LogP contribution in [0.1, 0.15) is 32.1 Å². The molecular weight excluding hydrogens is 208 g/mol. The first-order valence-electron chi connectivity index (χ1n) is 5.39. The molecule has 0 aromatic carbocycles. The van der Waals surface area contributed by atoms with Crippen molar-refractivity contribution in [2.45, 2.75) is 42.2 Å². The van der Waals surface area contributed by atoms with Crippen LogP contribution in [0, 0.1) is 0 Å². The standard InChI is InChI=1S/C11H16N2OS/c12-10-8-13-7-6-11(10)15(14)9-4-2-1-3-5-9/h6-9H,1-5,12H2. The number of hydrogen-bond donors (Lipinski definition) is 1. The zero-order valence-corrected chi connectivity index (χ0v) is 9.50. The largest absolute Gasteiger partial charge is 0.396 e. The fourth-order valence-electron chi connectivity index (χ4n) is 2.04. The minimum atomic E-state index is -0.946. The maximum absolute atomic E-state index is 12.2. The third-order valence-corrected chi connectivity index (χ3v) is 4.76. The monoisotopic (exact) mass is 224 g/mol. The summed E-state index contributed by atoms with van der Waals surface area (Å²) < 4.78 is 12.2. The molecule has 1 unspecified atom stereocenters. The Morgan fingerprint density at radius 3 is 2.73 bits per heavy atom. The Bertz CT molecular complexity index is 361. The van der Waals surface area contributed by atoms with Crippen molar-refractivity contribution in [2.75, 3.05) is 5.73 Å². The summed E-state index contributed by atoms with van der Waals surface area (Å²) in [4.78, 5) is 4.67. The van der Waals surface area contributed by atoms with E-state index in [0.29, 0.717) is 10.9 Å². The van der Waals surface area contributed by atoms with Gasteiger partial charge in [-0.25, -0.2) is 0 Å². The number of hydrogen-bond acceptors (Lipinski definition) is 3. The van der Waals surface area contributed by atoms with E-state index in [1.807, 2.05) is 0 Å². The Balaban J connectivity index is 2.16. The molecule has 0 bridgehead atoms. The zero-order chi connectivity index (χ0) is 10.7. The van der Waals surface area contributed by atoms with Crippen LogP contribution in [-0.4, -0.2) is 14.4 Å². The van der Waals surface area contributed by atoms with E-state index in [-0.39, 0.29) is 0 Å². The van der Waals surface area contributed by atoms with Crippen LogP contribution in [0.15, 0.2) is 23.4 Å². The van der Waals surface area contributed by atoms with Gasteiger partial charge < -0.3 is 5.73 Å². The third kappa shape index (κ3) is 2.37. The van der Waals surface area contributed by atoms with E-state index in [4.69, 9.17) is 5.73 Å². The van der Waals surface area contributed by atoms with Crippen LogP contribution in [0.5, 0.6) is 0 Å². The second-order valence-electron chi connectivity index (χ2n) is 3.97. The maximum Gasteiger partial charge on any atom is 0.0664 e. The molecule has 0 radical (unpaired) electrons. The van der Waals surface area contributed by atoms with Crippen molar-refractivity contribution in [2.24, 2.45) is 0 Å². The van der Waals surface area contributed by atoms with E-state index in [1.54, 1.807) is 18.5 Å². The molecule has 0 spiro atoms. The van der Waals surface area contributed by atoms with Crippen LogP contribution in [0.25, 0.3) is 0 Å². The minimum absolute atomic E-state index is 0.295. The van der Waals surface area contributed by atoms with E-state index in [1.165, 1.54) is 19.3 Å². The van der Waals surface area contributed by atoms with Crippen molar-refractivity contribution in [3.63, 3.8) is 0 Å². The molecule has 4 heteroatoms. The first kappa shape index (κ1) is 10.6. The summed E-state index contributed by atoms with van der Waals surface area (Å²) in [6, 6.07) is 1.78. The molecule has 0 aliphatic heterocycles. The number of nitrogens with zero attached hydrogens (tertiary/aromatic N) is 1. The molecule has 1 fully saturated rings. The molecule has 1 aromatic rings. The second-order valence-corrected chi connectivity index (χ2v) is 5.67. The molecule has 1 aliphatic rings. The van der Waals surface area contributed by atoms with Crippen molar-refractivity contribution in [1.29, 1.82) is 0 Å². The quantitative estimate of drug-likeness (QED) is 0.837. The lowest BCUT2D eigenvalue weighted by molar-refractivity contribution is 0.504. The van der Waals surface area contributed by atoms with Gasteiger partial charge in [-0.15, -0.1) is 0 Å². The first-order valence-corrected chi connectivity index (χ1v) is 6.60. The van der Waals surface area contributed by atoms with E-state index in [0.717, 1.165) is 17.7 Å². The number of pyridine rings is 1. The third-order valence-electron chi connectivity index (χ3n) is 2.88. The molecule has 2 rings (SSSR count). The first-order chi connectivity index (χ1) is 7.29. The van der Waals surface area contributed by atoms with Crippen LogP contribution in [0.3, 0.4) is 0 Å². The molecule has 82 valence electrons. The van der Waals surface area contributed by atoms with Gasteiger partial charge in [-0.3, -0.25) is 9.19 Å². The number of aromatic nitrogens is 1. The van der Waals surface area contributed by atoms with Gasteiger partial charge in [0, 0.05) is 11.4 Å². The Labute approximate surface area is 92.5 Å². The molecule has 1 heterocycles. The van der Waals surface area contributed by atoms with Crippen LogP contribution >= 0.6 is 0 Å². The topological polar surface area (TPSA) is 56.0 Å². The molecule has 1 saturated carbocycles. The molecule has 1 aliphatic carbocycles. The van der Waals surface area contributed by atoms with Crippen LogP contribution in [-0.2, 0) is 10.8 Å². The van der Waals surface area contributed by atoms with Gasteiger partial charge in [0.1, 0.15) is 0 Å². The Kier molecular flexibility index (Phi) is 3.36. The van der Waals surface area contributed by atoms with E-state index in [9.17, 15) is 4.21 Å². The number of nitrogen functional groups attached to an aromatic ring is 1. The van der Waals surface area contributed by atoms with Gasteiger partial charge in [-0.1, -0.05) is 19.3 Å². The van der Waals surface area contributed by atoms with Gasteiger partial charge in [-0.2, -0.15) is 0 Å². The fourth-order valence-corrected chi connectivity index (χ4v) is 3.64. The molecular formula is C11H16N2OS.